The Morgan fingerprint density at radius 3 is 2.85 bits per heavy atom. The second-order valence-electron chi connectivity index (χ2n) is 6.07. The maximum absolute atomic E-state index is 2.71. The van der Waals surface area contributed by atoms with Gasteiger partial charge >= 0.3 is 0 Å². The molecule has 2 saturated heterocycles. The van der Waals surface area contributed by atoms with Crippen molar-refractivity contribution in [2.24, 2.45) is 0 Å². The molecule has 1 aromatic rings. The molecule has 2 atom stereocenters. The number of allylic oxidation sites excluding steroid dienone is 1. The summed E-state index contributed by atoms with van der Waals surface area (Å²) >= 11 is 0. The van der Waals surface area contributed by atoms with Crippen molar-refractivity contribution < 1.29 is 0 Å². The van der Waals surface area contributed by atoms with Crippen LogP contribution < -0.4 is 0 Å². The number of piperazine rings is 1. The van der Waals surface area contributed by atoms with Crippen LogP contribution in [0.2, 0.25) is 0 Å². The molecule has 2 nitrogen and oxygen atoms in total. The first-order chi connectivity index (χ1) is 9.88. The Morgan fingerprint density at radius 2 is 2.05 bits per heavy atom. The van der Waals surface area contributed by atoms with Crippen LogP contribution in [0.5, 0.6) is 0 Å². The van der Waals surface area contributed by atoms with Crippen molar-refractivity contribution in [3.8, 4) is 0 Å². The average Bonchev–Trinajstić information content (AvgIpc) is 2.95. The van der Waals surface area contributed by atoms with Crippen LogP contribution in [0.25, 0.3) is 0 Å². The second kappa shape index (κ2) is 6.55. The highest BCUT2D eigenvalue weighted by Crippen LogP contribution is 2.32. The first-order valence-corrected chi connectivity index (χ1v) is 8.02. The number of fused-ring (bicyclic) bond motifs is 1. The van der Waals surface area contributed by atoms with Gasteiger partial charge in [0.1, 0.15) is 0 Å². The Morgan fingerprint density at radius 1 is 1.20 bits per heavy atom. The molecule has 2 unspecified atom stereocenters. The summed E-state index contributed by atoms with van der Waals surface area (Å²) in [6.07, 6.45) is 8.41. The molecule has 2 aliphatic heterocycles. The van der Waals surface area contributed by atoms with Crippen LogP contribution >= 0.6 is 0 Å². The zero-order valence-electron chi connectivity index (χ0n) is 12.5. The number of nitrogens with zero attached hydrogens (tertiary/aromatic N) is 2. The fourth-order valence-electron chi connectivity index (χ4n) is 3.72. The molecule has 0 bridgehead atoms. The molecule has 0 saturated carbocycles. The highest BCUT2D eigenvalue weighted by molar-refractivity contribution is 5.20. The zero-order valence-corrected chi connectivity index (χ0v) is 12.5. The fourth-order valence-corrected chi connectivity index (χ4v) is 3.72. The van der Waals surface area contributed by atoms with Crippen LogP contribution in [0, 0.1) is 0 Å². The smallest absolute Gasteiger partial charge is 0.0476 e. The van der Waals surface area contributed by atoms with Gasteiger partial charge in [0, 0.05) is 31.7 Å². The molecule has 20 heavy (non-hydrogen) atoms. The summed E-state index contributed by atoms with van der Waals surface area (Å²) < 4.78 is 0. The van der Waals surface area contributed by atoms with Gasteiger partial charge in [0.15, 0.2) is 0 Å². The zero-order chi connectivity index (χ0) is 13.8. The van der Waals surface area contributed by atoms with Gasteiger partial charge in [-0.05, 0) is 38.3 Å². The summed E-state index contributed by atoms with van der Waals surface area (Å²) in [6, 6.07) is 12.4. The van der Waals surface area contributed by atoms with E-state index in [4.69, 9.17) is 0 Å². The van der Waals surface area contributed by atoms with Crippen molar-refractivity contribution in [1.29, 1.82) is 0 Å². The Bertz CT molecular complexity index is 440. The van der Waals surface area contributed by atoms with E-state index in [0.717, 1.165) is 6.04 Å². The lowest BCUT2D eigenvalue weighted by molar-refractivity contribution is 0.0518. The third-order valence-corrected chi connectivity index (χ3v) is 4.80. The molecule has 2 fully saturated rings. The number of rotatable bonds is 4. The molecule has 0 amide bonds. The van der Waals surface area contributed by atoms with Crippen LogP contribution in [0.4, 0.5) is 0 Å². The number of benzene rings is 1. The predicted octanol–water partition coefficient (Wildman–Crippen LogP) is 3.47. The molecular weight excluding hydrogens is 244 g/mol. The molecule has 3 rings (SSSR count). The van der Waals surface area contributed by atoms with Crippen molar-refractivity contribution >= 4 is 0 Å². The van der Waals surface area contributed by atoms with Crippen LogP contribution in [-0.4, -0.2) is 42.0 Å². The van der Waals surface area contributed by atoms with Crippen molar-refractivity contribution in [3.63, 3.8) is 0 Å². The molecular formula is C18H26N2. The summed E-state index contributed by atoms with van der Waals surface area (Å²) in [5, 5.41) is 0. The normalized spacial score (nSPS) is 28.1. The third kappa shape index (κ3) is 2.97. The van der Waals surface area contributed by atoms with Crippen molar-refractivity contribution in [2.75, 3.05) is 26.2 Å². The summed E-state index contributed by atoms with van der Waals surface area (Å²) in [7, 11) is 0. The Balaban J connectivity index is 1.75. The quantitative estimate of drug-likeness (QED) is 0.773. The van der Waals surface area contributed by atoms with E-state index in [-0.39, 0.29) is 0 Å². The summed E-state index contributed by atoms with van der Waals surface area (Å²) in [6.45, 7) is 7.07. The molecule has 0 aliphatic carbocycles. The minimum atomic E-state index is 0.579. The summed E-state index contributed by atoms with van der Waals surface area (Å²) in [5.41, 5.74) is 1.48. The van der Waals surface area contributed by atoms with E-state index in [1.807, 2.05) is 0 Å². The lowest BCUT2D eigenvalue weighted by Crippen LogP contribution is -2.51. The van der Waals surface area contributed by atoms with E-state index in [1.165, 1.54) is 51.0 Å². The van der Waals surface area contributed by atoms with Gasteiger partial charge < -0.3 is 0 Å². The maximum atomic E-state index is 2.71. The van der Waals surface area contributed by atoms with Gasteiger partial charge in [-0.1, -0.05) is 42.5 Å². The van der Waals surface area contributed by atoms with Crippen molar-refractivity contribution in [2.45, 2.75) is 38.3 Å². The highest BCUT2D eigenvalue weighted by Gasteiger charge is 2.36. The lowest BCUT2D eigenvalue weighted by atomic mass is 9.99. The minimum absolute atomic E-state index is 0.579. The van der Waals surface area contributed by atoms with Gasteiger partial charge in [-0.25, -0.2) is 0 Å². The van der Waals surface area contributed by atoms with E-state index in [0.29, 0.717) is 6.04 Å². The molecule has 2 heteroatoms. The van der Waals surface area contributed by atoms with E-state index in [2.05, 4.69) is 59.2 Å². The van der Waals surface area contributed by atoms with Crippen LogP contribution in [0.3, 0.4) is 0 Å². The molecule has 0 spiro atoms. The van der Waals surface area contributed by atoms with Gasteiger partial charge in [-0.3, -0.25) is 9.80 Å². The minimum Gasteiger partial charge on any atom is -0.297 e. The fraction of sp³-hybridized carbons (Fsp3) is 0.556. The maximum Gasteiger partial charge on any atom is 0.0476 e. The predicted molar refractivity (Wildman–Crippen MR) is 84.8 cm³/mol. The van der Waals surface area contributed by atoms with E-state index >= 15 is 0 Å². The monoisotopic (exact) mass is 270 g/mol. The lowest BCUT2D eigenvalue weighted by Gasteiger charge is -2.44. The summed E-state index contributed by atoms with van der Waals surface area (Å²) in [5.74, 6) is 0. The first kappa shape index (κ1) is 13.8. The van der Waals surface area contributed by atoms with E-state index < -0.39 is 0 Å². The SMILES string of the molecule is C/C=C/CCN1CC2CCCN2CC1c1ccccc1. The standard InChI is InChI=1S/C18H26N2/c1-2-3-7-12-20-14-17-11-8-13-19(17)15-18(20)16-9-5-4-6-10-16/h2-6,9-10,17-18H,7-8,11-15H2,1H3/b3-2+. The third-order valence-electron chi connectivity index (χ3n) is 4.80. The number of hydrogen-bond donors (Lipinski definition) is 0. The molecule has 1 aromatic carbocycles. The molecule has 108 valence electrons. The average molecular weight is 270 g/mol. The number of hydrogen-bond acceptors (Lipinski definition) is 2. The van der Waals surface area contributed by atoms with Gasteiger partial charge in [0.2, 0.25) is 0 Å². The second-order valence-corrected chi connectivity index (χ2v) is 6.07. The Hall–Kier alpha value is -1.12. The van der Waals surface area contributed by atoms with Crippen molar-refractivity contribution in [3.05, 3.63) is 48.0 Å². The van der Waals surface area contributed by atoms with Crippen molar-refractivity contribution in [1.82, 2.24) is 9.80 Å². The first-order valence-electron chi connectivity index (χ1n) is 8.02. The molecule has 2 heterocycles. The Labute approximate surface area is 123 Å². The van der Waals surface area contributed by atoms with E-state index in [9.17, 15) is 0 Å². The Kier molecular flexibility index (Phi) is 4.54. The van der Waals surface area contributed by atoms with E-state index in [1.54, 1.807) is 0 Å². The van der Waals surface area contributed by atoms with Gasteiger partial charge in [-0.15, -0.1) is 0 Å². The van der Waals surface area contributed by atoms with Crippen LogP contribution in [0.1, 0.15) is 37.8 Å². The molecule has 0 N–H and O–H groups in total. The van der Waals surface area contributed by atoms with Gasteiger partial charge in [0.05, 0.1) is 0 Å². The largest absolute Gasteiger partial charge is 0.297 e. The molecule has 2 aliphatic rings. The van der Waals surface area contributed by atoms with Crippen LogP contribution in [-0.2, 0) is 0 Å². The molecule has 0 aromatic heterocycles. The van der Waals surface area contributed by atoms with Gasteiger partial charge in [0.25, 0.3) is 0 Å². The summed E-state index contributed by atoms with van der Waals surface area (Å²) in [4.78, 5) is 5.42. The highest BCUT2D eigenvalue weighted by atomic mass is 15.3. The van der Waals surface area contributed by atoms with Crippen LogP contribution in [0.15, 0.2) is 42.5 Å². The topological polar surface area (TPSA) is 6.48 Å². The van der Waals surface area contributed by atoms with Gasteiger partial charge in [-0.2, -0.15) is 0 Å². The molecule has 0 radical (unpaired) electrons.